The molecule has 0 amide bonds. The second-order valence-corrected chi connectivity index (χ2v) is 7.68. The highest BCUT2D eigenvalue weighted by molar-refractivity contribution is 9.11. The lowest BCUT2D eigenvalue weighted by atomic mass is 9.77. The Balaban J connectivity index is 2.41. The smallest absolute Gasteiger partial charge is 0.0386 e. The van der Waals surface area contributed by atoms with E-state index < -0.39 is 0 Å². The van der Waals surface area contributed by atoms with Crippen molar-refractivity contribution in [1.82, 2.24) is 5.32 Å². The Morgan fingerprint density at radius 3 is 2.42 bits per heavy atom. The van der Waals surface area contributed by atoms with Crippen molar-refractivity contribution >= 4 is 31.9 Å². The van der Waals surface area contributed by atoms with Gasteiger partial charge in [-0.1, -0.05) is 58.5 Å². The molecule has 1 atom stereocenters. The largest absolute Gasteiger partial charge is 0.310 e. The van der Waals surface area contributed by atoms with Crippen molar-refractivity contribution in [3.63, 3.8) is 0 Å². The molecule has 1 nitrogen and oxygen atoms in total. The van der Waals surface area contributed by atoms with Gasteiger partial charge in [0.05, 0.1) is 0 Å². The van der Waals surface area contributed by atoms with Crippen molar-refractivity contribution < 1.29 is 0 Å². The van der Waals surface area contributed by atoms with E-state index in [9.17, 15) is 0 Å². The van der Waals surface area contributed by atoms with Crippen LogP contribution in [-0.2, 0) is 0 Å². The first kappa shape index (κ1) is 15.5. The lowest BCUT2D eigenvalue weighted by molar-refractivity contribution is 0.225. The maximum absolute atomic E-state index is 3.76. The van der Waals surface area contributed by atoms with Gasteiger partial charge >= 0.3 is 0 Å². The van der Waals surface area contributed by atoms with Gasteiger partial charge in [-0.15, -0.1) is 0 Å². The molecule has 0 aromatic heterocycles. The molecule has 2 rings (SSSR count). The number of hydrogen-bond acceptors (Lipinski definition) is 1. The van der Waals surface area contributed by atoms with Gasteiger partial charge in [0.2, 0.25) is 0 Å². The fourth-order valence-corrected chi connectivity index (χ4v) is 4.34. The summed E-state index contributed by atoms with van der Waals surface area (Å²) in [4.78, 5) is 0. The molecule has 1 saturated carbocycles. The number of rotatable bonds is 4. The third-order valence-corrected chi connectivity index (χ3v) is 5.98. The Labute approximate surface area is 133 Å². The lowest BCUT2D eigenvalue weighted by Crippen LogP contribution is -2.34. The molecular weight excluding hydrogens is 366 g/mol. The highest BCUT2D eigenvalue weighted by atomic mass is 79.9. The fourth-order valence-electron chi connectivity index (χ4n) is 3.29. The summed E-state index contributed by atoms with van der Waals surface area (Å²) >= 11 is 7.44. The maximum atomic E-state index is 3.76. The Morgan fingerprint density at radius 1 is 1.21 bits per heavy atom. The van der Waals surface area contributed by atoms with Crippen LogP contribution in [0.15, 0.2) is 21.1 Å². The topological polar surface area (TPSA) is 12.0 Å². The first-order valence-corrected chi connectivity index (χ1v) is 8.75. The fraction of sp³-hybridized carbons (Fsp3) is 0.625. The van der Waals surface area contributed by atoms with E-state index in [4.69, 9.17) is 0 Å². The monoisotopic (exact) mass is 387 g/mol. The average molecular weight is 389 g/mol. The second kappa shape index (κ2) is 6.28. The molecule has 0 radical (unpaired) electrons. The summed E-state index contributed by atoms with van der Waals surface area (Å²) in [6, 6.07) is 4.95. The lowest BCUT2D eigenvalue weighted by Gasteiger charge is -2.36. The zero-order chi connectivity index (χ0) is 14.0. The molecule has 1 fully saturated rings. The molecule has 1 unspecified atom stereocenters. The minimum Gasteiger partial charge on any atom is -0.310 e. The van der Waals surface area contributed by atoms with Crippen LogP contribution in [-0.4, -0.2) is 6.54 Å². The van der Waals surface area contributed by atoms with Gasteiger partial charge in [-0.05, 0) is 55.0 Å². The minimum atomic E-state index is 0.382. The molecule has 3 heteroatoms. The first-order chi connectivity index (χ1) is 8.98. The van der Waals surface area contributed by atoms with Crippen LogP contribution in [0.25, 0.3) is 0 Å². The van der Waals surface area contributed by atoms with Crippen molar-refractivity contribution in [3.05, 3.63) is 32.2 Å². The third kappa shape index (κ3) is 3.25. The summed E-state index contributed by atoms with van der Waals surface area (Å²) in [5, 5.41) is 3.72. The van der Waals surface area contributed by atoms with E-state index in [0.29, 0.717) is 11.5 Å². The quantitative estimate of drug-likeness (QED) is 0.692. The minimum absolute atomic E-state index is 0.382. The Morgan fingerprint density at radius 2 is 1.84 bits per heavy atom. The summed E-state index contributed by atoms with van der Waals surface area (Å²) in [6.45, 7) is 7.78. The molecule has 1 aromatic carbocycles. The number of aryl methyl sites for hydroxylation is 1. The van der Waals surface area contributed by atoms with Gasteiger partial charge in [-0.2, -0.15) is 0 Å². The number of hydrogen-bond donors (Lipinski definition) is 1. The van der Waals surface area contributed by atoms with Crippen molar-refractivity contribution in [3.8, 4) is 0 Å². The van der Waals surface area contributed by atoms with Crippen LogP contribution < -0.4 is 5.32 Å². The van der Waals surface area contributed by atoms with E-state index >= 15 is 0 Å². The predicted molar refractivity (Wildman–Crippen MR) is 89.6 cm³/mol. The molecule has 106 valence electrons. The van der Waals surface area contributed by atoms with Crippen LogP contribution in [0.2, 0.25) is 0 Å². The molecule has 0 heterocycles. The van der Waals surface area contributed by atoms with Crippen LogP contribution in [0.5, 0.6) is 0 Å². The molecule has 1 aromatic rings. The zero-order valence-electron chi connectivity index (χ0n) is 12.0. The summed E-state index contributed by atoms with van der Waals surface area (Å²) in [5.74, 6) is 0. The summed E-state index contributed by atoms with van der Waals surface area (Å²) in [6.07, 6.45) is 5.37. The van der Waals surface area contributed by atoms with Crippen molar-refractivity contribution in [2.75, 3.05) is 6.54 Å². The highest BCUT2D eigenvalue weighted by Crippen LogP contribution is 2.49. The molecule has 0 spiro atoms. The molecule has 19 heavy (non-hydrogen) atoms. The highest BCUT2D eigenvalue weighted by Gasteiger charge is 2.38. The van der Waals surface area contributed by atoms with Gasteiger partial charge in [0.15, 0.2) is 0 Å². The number of nitrogens with one attached hydrogen (secondary N) is 1. The standard InChI is InChI=1S/C16H23Br2N/c1-4-19-15(16(3)7-5-6-8-16)12-10-13(17)11(2)9-14(12)18/h9-10,15,19H,4-8H2,1-3H3. The molecule has 0 saturated heterocycles. The van der Waals surface area contributed by atoms with E-state index in [2.05, 4.69) is 70.1 Å². The van der Waals surface area contributed by atoms with E-state index in [-0.39, 0.29) is 0 Å². The average Bonchev–Trinajstić information content (AvgIpc) is 2.79. The van der Waals surface area contributed by atoms with E-state index in [1.807, 2.05) is 0 Å². The second-order valence-electron chi connectivity index (χ2n) is 5.97. The van der Waals surface area contributed by atoms with Crippen molar-refractivity contribution in [2.24, 2.45) is 5.41 Å². The zero-order valence-corrected chi connectivity index (χ0v) is 15.2. The maximum Gasteiger partial charge on any atom is 0.0386 e. The Hall–Kier alpha value is 0.140. The van der Waals surface area contributed by atoms with Crippen LogP contribution >= 0.6 is 31.9 Å². The molecule has 1 N–H and O–H groups in total. The van der Waals surface area contributed by atoms with Crippen LogP contribution in [0, 0.1) is 12.3 Å². The first-order valence-electron chi connectivity index (χ1n) is 7.17. The Kier molecular flexibility index (Phi) is 5.13. The summed E-state index contributed by atoms with van der Waals surface area (Å²) < 4.78 is 2.43. The van der Waals surface area contributed by atoms with Gasteiger partial charge in [0, 0.05) is 15.0 Å². The number of benzene rings is 1. The van der Waals surface area contributed by atoms with Gasteiger partial charge in [0.1, 0.15) is 0 Å². The normalized spacial score (nSPS) is 19.6. The Bertz CT molecular complexity index is 450. The molecule has 0 bridgehead atoms. The van der Waals surface area contributed by atoms with E-state index in [1.165, 1.54) is 45.8 Å². The van der Waals surface area contributed by atoms with Gasteiger partial charge in [-0.3, -0.25) is 0 Å². The van der Waals surface area contributed by atoms with Crippen LogP contribution in [0.3, 0.4) is 0 Å². The molecule has 0 aliphatic heterocycles. The SMILES string of the molecule is CCNC(c1cc(Br)c(C)cc1Br)C1(C)CCCC1. The van der Waals surface area contributed by atoms with Gasteiger partial charge in [0.25, 0.3) is 0 Å². The predicted octanol–water partition coefficient (Wildman–Crippen LogP) is 5.75. The van der Waals surface area contributed by atoms with Crippen LogP contribution in [0.4, 0.5) is 0 Å². The molecule has 1 aliphatic carbocycles. The summed E-state index contributed by atoms with van der Waals surface area (Å²) in [7, 11) is 0. The summed E-state index contributed by atoms with van der Waals surface area (Å²) in [5.41, 5.74) is 3.05. The van der Waals surface area contributed by atoms with E-state index in [1.54, 1.807) is 0 Å². The number of halogens is 2. The van der Waals surface area contributed by atoms with Gasteiger partial charge < -0.3 is 5.32 Å². The van der Waals surface area contributed by atoms with E-state index in [0.717, 1.165) is 6.54 Å². The van der Waals surface area contributed by atoms with Crippen molar-refractivity contribution in [2.45, 2.75) is 52.5 Å². The van der Waals surface area contributed by atoms with Gasteiger partial charge in [-0.25, -0.2) is 0 Å². The molecule has 1 aliphatic rings. The van der Waals surface area contributed by atoms with Crippen molar-refractivity contribution in [1.29, 1.82) is 0 Å². The van der Waals surface area contributed by atoms with Crippen LogP contribution in [0.1, 0.15) is 56.7 Å². The molecular formula is C16H23Br2N. The third-order valence-electron chi connectivity index (χ3n) is 4.44.